The summed E-state index contributed by atoms with van der Waals surface area (Å²) in [4.78, 5) is 16.1. The summed E-state index contributed by atoms with van der Waals surface area (Å²) < 4.78 is 0. The minimum atomic E-state index is -0.325. The van der Waals surface area contributed by atoms with Gasteiger partial charge in [0.1, 0.15) is 0 Å². The van der Waals surface area contributed by atoms with Crippen molar-refractivity contribution in [2.75, 3.05) is 26.7 Å². The van der Waals surface area contributed by atoms with Crippen LogP contribution in [0.2, 0.25) is 0 Å². The van der Waals surface area contributed by atoms with Gasteiger partial charge in [0.2, 0.25) is 5.91 Å². The molecule has 0 spiro atoms. The fraction of sp³-hybridized carbons (Fsp3) is 0.909. The lowest BCUT2D eigenvalue weighted by Gasteiger charge is -2.31. The molecule has 0 aromatic rings. The Labute approximate surface area is 90.9 Å². The second-order valence-electron chi connectivity index (χ2n) is 4.73. The molecule has 4 heteroatoms. The van der Waals surface area contributed by atoms with E-state index >= 15 is 0 Å². The van der Waals surface area contributed by atoms with Crippen LogP contribution in [-0.4, -0.2) is 59.6 Å². The van der Waals surface area contributed by atoms with Crippen LogP contribution < -0.4 is 0 Å². The van der Waals surface area contributed by atoms with Crippen LogP contribution >= 0.6 is 0 Å². The van der Waals surface area contributed by atoms with Crippen LogP contribution in [0.3, 0.4) is 0 Å². The first-order chi connectivity index (χ1) is 7.18. The van der Waals surface area contributed by atoms with Crippen molar-refractivity contribution in [2.45, 2.75) is 37.8 Å². The number of aliphatic hydroxyl groups is 1. The Kier molecular flexibility index (Phi) is 3.26. The van der Waals surface area contributed by atoms with Crippen LogP contribution in [0.4, 0.5) is 0 Å². The molecule has 15 heavy (non-hydrogen) atoms. The van der Waals surface area contributed by atoms with Gasteiger partial charge in [0.05, 0.1) is 12.1 Å². The van der Waals surface area contributed by atoms with E-state index in [0.29, 0.717) is 13.0 Å². The number of β-amino-alcohol motifs (C(OH)–C–C–N with tert-alkyl or cyclic N) is 1. The maximum Gasteiger partial charge on any atom is 0.240 e. The Morgan fingerprint density at radius 1 is 1.27 bits per heavy atom. The molecule has 2 heterocycles. The maximum absolute atomic E-state index is 12.1. The number of hydrogen-bond donors (Lipinski definition) is 1. The molecule has 0 radical (unpaired) electrons. The summed E-state index contributed by atoms with van der Waals surface area (Å²) in [7, 11) is 1.92. The number of carbonyl (C=O) groups excluding carboxylic acids is 1. The van der Waals surface area contributed by atoms with Gasteiger partial charge in [-0.25, -0.2) is 0 Å². The van der Waals surface area contributed by atoms with Gasteiger partial charge < -0.3 is 10.0 Å². The van der Waals surface area contributed by atoms with Gasteiger partial charge in [-0.1, -0.05) is 0 Å². The highest BCUT2D eigenvalue weighted by Crippen LogP contribution is 2.20. The minimum Gasteiger partial charge on any atom is -0.392 e. The average Bonchev–Trinajstić information content (AvgIpc) is 2.58. The molecule has 0 aromatic heterocycles. The van der Waals surface area contributed by atoms with E-state index < -0.39 is 0 Å². The van der Waals surface area contributed by atoms with E-state index in [4.69, 9.17) is 0 Å². The van der Waals surface area contributed by atoms with E-state index in [2.05, 4.69) is 0 Å². The molecule has 2 aliphatic rings. The summed E-state index contributed by atoms with van der Waals surface area (Å²) in [6.07, 6.45) is 3.78. The summed E-state index contributed by atoms with van der Waals surface area (Å²) in [5, 5.41) is 9.50. The molecule has 2 atom stereocenters. The molecule has 0 bridgehead atoms. The van der Waals surface area contributed by atoms with Gasteiger partial charge in [-0.05, 0) is 32.7 Å². The topological polar surface area (TPSA) is 43.8 Å². The Hall–Kier alpha value is -0.610. The number of carbonyl (C=O) groups is 1. The predicted octanol–water partition coefficient (Wildman–Crippen LogP) is 0.0639. The van der Waals surface area contributed by atoms with Gasteiger partial charge in [-0.15, -0.1) is 0 Å². The van der Waals surface area contributed by atoms with E-state index in [-0.39, 0.29) is 18.1 Å². The van der Waals surface area contributed by atoms with E-state index in [1.54, 1.807) is 0 Å². The van der Waals surface area contributed by atoms with Crippen molar-refractivity contribution in [1.29, 1.82) is 0 Å². The van der Waals surface area contributed by atoms with E-state index in [1.807, 2.05) is 16.8 Å². The largest absolute Gasteiger partial charge is 0.392 e. The molecule has 0 aromatic carbocycles. The number of piperidine rings is 1. The molecule has 1 N–H and O–H groups in total. The van der Waals surface area contributed by atoms with Crippen molar-refractivity contribution in [1.82, 2.24) is 9.80 Å². The number of hydrogen-bond acceptors (Lipinski definition) is 3. The lowest BCUT2D eigenvalue weighted by molar-refractivity contribution is -0.136. The lowest BCUT2D eigenvalue weighted by Crippen LogP contribution is -2.46. The van der Waals surface area contributed by atoms with Crippen LogP contribution in [-0.2, 0) is 4.79 Å². The van der Waals surface area contributed by atoms with Crippen LogP contribution in [0, 0.1) is 0 Å². The average molecular weight is 212 g/mol. The monoisotopic (exact) mass is 212 g/mol. The third-order valence-electron chi connectivity index (χ3n) is 3.48. The van der Waals surface area contributed by atoms with Crippen molar-refractivity contribution in [3.05, 3.63) is 0 Å². The molecule has 2 saturated heterocycles. The predicted molar refractivity (Wildman–Crippen MR) is 57.5 cm³/mol. The molecule has 1 amide bonds. The number of aliphatic hydroxyl groups excluding tert-OH is 1. The molecule has 2 rings (SSSR count). The Morgan fingerprint density at radius 3 is 2.47 bits per heavy atom. The van der Waals surface area contributed by atoms with Gasteiger partial charge in [-0.2, -0.15) is 0 Å². The zero-order valence-electron chi connectivity index (χ0n) is 9.35. The first kappa shape index (κ1) is 10.9. The smallest absolute Gasteiger partial charge is 0.240 e. The maximum atomic E-state index is 12.1. The van der Waals surface area contributed by atoms with Gasteiger partial charge in [0.25, 0.3) is 0 Å². The molecule has 0 aliphatic carbocycles. The number of amides is 1. The number of rotatable bonds is 1. The minimum absolute atomic E-state index is 0.0851. The first-order valence-corrected chi connectivity index (χ1v) is 5.85. The van der Waals surface area contributed by atoms with Crippen LogP contribution in [0.5, 0.6) is 0 Å². The molecule has 0 saturated carbocycles. The van der Waals surface area contributed by atoms with E-state index in [1.165, 1.54) is 6.42 Å². The summed E-state index contributed by atoms with van der Waals surface area (Å²) in [5.41, 5.74) is 0. The van der Waals surface area contributed by atoms with Crippen molar-refractivity contribution in [3.8, 4) is 0 Å². The van der Waals surface area contributed by atoms with Crippen LogP contribution in [0.25, 0.3) is 0 Å². The van der Waals surface area contributed by atoms with Gasteiger partial charge >= 0.3 is 0 Å². The molecule has 0 unspecified atom stereocenters. The summed E-state index contributed by atoms with van der Waals surface area (Å²) in [5.74, 6) is 0.216. The standard InChI is InChI=1S/C11H20N2O2/c1-12-8-9(14)7-10(12)11(15)13-5-3-2-4-6-13/h9-10,14H,2-8H2,1H3/t9-,10+/m1/s1. The third-order valence-corrected chi connectivity index (χ3v) is 3.48. The fourth-order valence-electron chi connectivity index (χ4n) is 2.59. The summed E-state index contributed by atoms with van der Waals surface area (Å²) >= 11 is 0. The Bertz CT molecular complexity index is 239. The second-order valence-corrected chi connectivity index (χ2v) is 4.73. The summed E-state index contributed by atoms with van der Waals surface area (Å²) in [6.45, 7) is 2.43. The van der Waals surface area contributed by atoms with E-state index in [0.717, 1.165) is 25.9 Å². The SMILES string of the molecule is CN1C[C@H](O)C[C@H]1C(=O)N1CCCCC1. The quantitative estimate of drug-likeness (QED) is 0.668. The molecule has 86 valence electrons. The molecular formula is C11H20N2O2. The van der Waals surface area contributed by atoms with Gasteiger partial charge in [0.15, 0.2) is 0 Å². The highest BCUT2D eigenvalue weighted by atomic mass is 16.3. The van der Waals surface area contributed by atoms with E-state index in [9.17, 15) is 9.90 Å². The first-order valence-electron chi connectivity index (χ1n) is 5.85. The Morgan fingerprint density at radius 2 is 1.93 bits per heavy atom. The van der Waals surface area contributed by atoms with Gasteiger partial charge in [-0.3, -0.25) is 9.69 Å². The van der Waals surface area contributed by atoms with Gasteiger partial charge in [0, 0.05) is 19.6 Å². The van der Waals surface area contributed by atoms with Crippen molar-refractivity contribution in [3.63, 3.8) is 0 Å². The van der Waals surface area contributed by atoms with Crippen molar-refractivity contribution < 1.29 is 9.90 Å². The van der Waals surface area contributed by atoms with Crippen LogP contribution in [0.1, 0.15) is 25.7 Å². The van der Waals surface area contributed by atoms with Crippen LogP contribution in [0.15, 0.2) is 0 Å². The summed E-state index contributed by atoms with van der Waals surface area (Å²) in [6, 6.07) is -0.0851. The van der Waals surface area contributed by atoms with Crippen molar-refractivity contribution >= 4 is 5.91 Å². The number of likely N-dealkylation sites (tertiary alicyclic amines) is 2. The zero-order chi connectivity index (χ0) is 10.8. The Balaban J connectivity index is 1.94. The normalized spacial score (nSPS) is 33.3. The zero-order valence-corrected chi connectivity index (χ0v) is 9.35. The highest BCUT2D eigenvalue weighted by Gasteiger charge is 2.35. The molecule has 2 fully saturated rings. The van der Waals surface area contributed by atoms with Crippen molar-refractivity contribution in [2.24, 2.45) is 0 Å². The number of likely N-dealkylation sites (N-methyl/N-ethyl adjacent to an activating group) is 1. The second kappa shape index (κ2) is 4.49. The molecule has 2 aliphatic heterocycles. The lowest BCUT2D eigenvalue weighted by atomic mass is 10.1. The third kappa shape index (κ3) is 2.32. The highest BCUT2D eigenvalue weighted by molar-refractivity contribution is 5.82. The fourth-order valence-corrected chi connectivity index (χ4v) is 2.59. The molecular weight excluding hydrogens is 192 g/mol. The number of nitrogens with zero attached hydrogens (tertiary/aromatic N) is 2. The molecule has 4 nitrogen and oxygen atoms in total.